The van der Waals surface area contributed by atoms with Crippen molar-refractivity contribution in [2.45, 2.75) is 39.3 Å². The fourth-order valence-electron chi connectivity index (χ4n) is 3.03. The number of nitrogens with zero attached hydrogens (tertiary/aromatic N) is 2. The lowest BCUT2D eigenvalue weighted by Crippen LogP contribution is -2.29. The first-order valence-electron chi connectivity index (χ1n) is 9.46. The Morgan fingerprint density at radius 2 is 1.86 bits per heavy atom. The van der Waals surface area contributed by atoms with Gasteiger partial charge in [-0.3, -0.25) is 9.48 Å². The van der Waals surface area contributed by atoms with Gasteiger partial charge in [-0.15, -0.1) is 0 Å². The second-order valence-corrected chi connectivity index (χ2v) is 7.84. The lowest BCUT2D eigenvalue weighted by Gasteiger charge is -2.22. The third kappa shape index (κ3) is 5.46. The molecule has 0 aliphatic heterocycles. The number of ether oxygens (including phenoxy) is 1. The van der Waals surface area contributed by atoms with Gasteiger partial charge >= 0.3 is 0 Å². The van der Waals surface area contributed by atoms with Crippen molar-refractivity contribution in [1.82, 2.24) is 15.1 Å². The van der Waals surface area contributed by atoms with Crippen LogP contribution < -0.4 is 10.1 Å². The van der Waals surface area contributed by atoms with Gasteiger partial charge in [0.25, 0.3) is 5.91 Å². The van der Waals surface area contributed by atoms with Gasteiger partial charge in [-0.1, -0.05) is 63.2 Å². The van der Waals surface area contributed by atoms with Crippen LogP contribution in [0.4, 0.5) is 0 Å². The fourth-order valence-corrected chi connectivity index (χ4v) is 3.03. The Morgan fingerprint density at radius 3 is 2.61 bits per heavy atom. The van der Waals surface area contributed by atoms with E-state index < -0.39 is 0 Å². The molecule has 0 aliphatic rings. The lowest BCUT2D eigenvalue weighted by molar-refractivity contribution is -0.123. The molecule has 1 aromatic heterocycles. The quantitative estimate of drug-likeness (QED) is 0.679. The molecule has 1 N–H and O–H groups in total. The Kier molecular flexibility index (Phi) is 6.14. The van der Waals surface area contributed by atoms with Crippen molar-refractivity contribution < 1.29 is 9.53 Å². The van der Waals surface area contributed by atoms with Crippen molar-refractivity contribution in [1.29, 1.82) is 0 Å². The number of benzene rings is 2. The Morgan fingerprint density at radius 1 is 1.07 bits per heavy atom. The number of carbonyl (C=O) groups is 1. The predicted molar refractivity (Wildman–Crippen MR) is 110 cm³/mol. The summed E-state index contributed by atoms with van der Waals surface area (Å²) in [5.74, 6) is 0.618. The number of hydrogen-bond acceptors (Lipinski definition) is 3. The van der Waals surface area contributed by atoms with Crippen LogP contribution in [0.3, 0.4) is 0 Å². The Balaban J connectivity index is 1.53. The topological polar surface area (TPSA) is 56.1 Å². The van der Waals surface area contributed by atoms with E-state index in [1.54, 1.807) is 6.20 Å². The normalized spacial score (nSPS) is 11.2. The second kappa shape index (κ2) is 8.74. The van der Waals surface area contributed by atoms with Crippen LogP contribution in [0.5, 0.6) is 5.75 Å². The summed E-state index contributed by atoms with van der Waals surface area (Å²) in [5.41, 5.74) is 3.25. The highest BCUT2D eigenvalue weighted by molar-refractivity contribution is 5.77. The molecule has 1 amide bonds. The second-order valence-electron chi connectivity index (χ2n) is 7.84. The number of hydrogen-bond donors (Lipinski definition) is 1. The van der Waals surface area contributed by atoms with Gasteiger partial charge in [-0.25, -0.2) is 0 Å². The molecule has 0 atom stereocenters. The molecule has 2 aromatic carbocycles. The minimum absolute atomic E-state index is 0.0000707. The molecule has 28 heavy (non-hydrogen) atoms. The summed E-state index contributed by atoms with van der Waals surface area (Å²) in [7, 11) is 0. The number of aromatic nitrogens is 2. The third-order valence-corrected chi connectivity index (χ3v) is 4.44. The Bertz CT molecular complexity index is 912. The van der Waals surface area contributed by atoms with Crippen molar-refractivity contribution in [3.8, 4) is 5.75 Å². The molecule has 0 radical (unpaired) electrons. The van der Waals surface area contributed by atoms with Crippen LogP contribution in [0.25, 0.3) is 0 Å². The Labute approximate surface area is 166 Å². The van der Waals surface area contributed by atoms with Crippen LogP contribution in [0, 0.1) is 0 Å². The molecule has 146 valence electrons. The van der Waals surface area contributed by atoms with Crippen LogP contribution in [0.15, 0.2) is 67.0 Å². The Hall–Kier alpha value is -3.08. The maximum atomic E-state index is 12.2. The molecule has 0 spiro atoms. The van der Waals surface area contributed by atoms with Gasteiger partial charge in [-0.2, -0.15) is 5.10 Å². The van der Waals surface area contributed by atoms with E-state index in [1.165, 1.54) is 0 Å². The first kappa shape index (κ1) is 19.7. The zero-order chi connectivity index (χ0) is 20.0. The molecule has 0 bridgehead atoms. The van der Waals surface area contributed by atoms with E-state index in [4.69, 9.17) is 4.74 Å². The molecule has 1 heterocycles. The molecular formula is C23H27N3O2. The maximum Gasteiger partial charge on any atom is 0.258 e. The molecule has 0 aliphatic carbocycles. The van der Waals surface area contributed by atoms with Crippen LogP contribution >= 0.6 is 0 Å². The average Bonchev–Trinajstić information content (AvgIpc) is 3.17. The smallest absolute Gasteiger partial charge is 0.258 e. The van der Waals surface area contributed by atoms with Crippen LogP contribution in [-0.2, 0) is 23.3 Å². The molecule has 0 unspecified atom stereocenters. The molecule has 5 heteroatoms. The largest absolute Gasteiger partial charge is 0.483 e. The van der Waals surface area contributed by atoms with E-state index in [0.29, 0.717) is 13.1 Å². The number of carbonyl (C=O) groups excluding carboxylic acids is 1. The summed E-state index contributed by atoms with van der Waals surface area (Å²) in [6, 6.07) is 17.9. The number of nitrogens with one attached hydrogen (secondary N) is 1. The minimum atomic E-state index is -0.138. The van der Waals surface area contributed by atoms with Crippen LogP contribution in [-0.4, -0.2) is 22.3 Å². The fraction of sp³-hybridized carbons (Fsp3) is 0.304. The van der Waals surface area contributed by atoms with Crippen molar-refractivity contribution in [2.75, 3.05) is 6.61 Å². The zero-order valence-corrected chi connectivity index (χ0v) is 16.7. The number of para-hydroxylation sites is 1. The number of rotatable bonds is 7. The lowest BCUT2D eigenvalue weighted by atomic mass is 9.86. The predicted octanol–water partition coefficient (Wildman–Crippen LogP) is 3.92. The van der Waals surface area contributed by atoms with Gasteiger partial charge < -0.3 is 10.1 Å². The number of amides is 1. The SMILES string of the molecule is CC(C)(C)c1ccccc1OCC(=O)NCc1cccc(Cn2cccn2)c1. The van der Waals surface area contributed by atoms with E-state index in [0.717, 1.165) is 22.4 Å². The highest BCUT2D eigenvalue weighted by Gasteiger charge is 2.18. The highest BCUT2D eigenvalue weighted by atomic mass is 16.5. The highest BCUT2D eigenvalue weighted by Crippen LogP contribution is 2.30. The molecule has 0 saturated heterocycles. The first-order valence-corrected chi connectivity index (χ1v) is 9.46. The van der Waals surface area contributed by atoms with Gasteiger partial charge in [0.1, 0.15) is 5.75 Å². The van der Waals surface area contributed by atoms with Crippen molar-refractivity contribution in [2.24, 2.45) is 0 Å². The molecule has 0 fully saturated rings. The molecule has 5 nitrogen and oxygen atoms in total. The molecule has 3 rings (SSSR count). The van der Waals surface area contributed by atoms with Crippen LogP contribution in [0.2, 0.25) is 0 Å². The van der Waals surface area contributed by atoms with E-state index >= 15 is 0 Å². The van der Waals surface area contributed by atoms with Crippen molar-refractivity contribution >= 4 is 5.91 Å². The van der Waals surface area contributed by atoms with E-state index in [2.05, 4.69) is 43.3 Å². The summed E-state index contributed by atoms with van der Waals surface area (Å²) in [5, 5.41) is 7.15. The van der Waals surface area contributed by atoms with Crippen molar-refractivity contribution in [3.63, 3.8) is 0 Å². The summed E-state index contributed by atoms with van der Waals surface area (Å²) >= 11 is 0. The van der Waals surface area contributed by atoms with Gasteiger partial charge in [0.15, 0.2) is 6.61 Å². The van der Waals surface area contributed by atoms with E-state index in [9.17, 15) is 4.79 Å². The standard InChI is InChI=1S/C23H27N3O2/c1-23(2,3)20-10-4-5-11-21(20)28-17-22(27)24-15-18-8-6-9-19(14-18)16-26-13-7-12-25-26/h4-14H,15-17H2,1-3H3,(H,24,27). The first-order chi connectivity index (χ1) is 13.4. The van der Waals surface area contributed by atoms with E-state index in [1.807, 2.05) is 53.3 Å². The summed E-state index contributed by atoms with van der Waals surface area (Å²) in [4.78, 5) is 12.2. The molecular weight excluding hydrogens is 350 g/mol. The monoisotopic (exact) mass is 377 g/mol. The summed E-state index contributed by atoms with van der Waals surface area (Å²) in [6.07, 6.45) is 3.70. The van der Waals surface area contributed by atoms with Crippen LogP contribution in [0.1, 0.15) is 37.5 Å². The van der Waals surface area contributed by atoms with Gasteiger partial charge in [0.2, 0.25) is 0 Å². The summed E-state index contributed by atoms with van der Waals surface area (Å²) < 4.78 is 7.66. The zero-order valence-electron chi connectivity index (χ0n) is 16.7. The third-order valence-electron chi connectivity index (χ3n) is 4.44. The molecule has 0 saturated carbocycles. The van der Waals surface area contributed by atoms with E-state index in [-0.39, 0.29) is 17.9 Å². The van der Waals surface area contributed by atoms with Crippen molar-refractivity contribution in [3.05, 3.63) is 83.7 Å². The van der Waals surface area contributed by atoms with Gasteiger partial charge in [-0.05, 0) is 34.2 Å². The van der Waals surface area contributed by atoms with Gasteiger partial charge in [0, 0.05) is 18.9 Å². The average molecular weight is 377 g/mol. The van der Waals surface area contributed by atoms with Gasteiger partial charge in [0.05, 0.1) is 6.54 Å². The maximum absolute atomic E-state index is 12.2. The summed E-state index contributed by atoms with van der Waals surface area (Å²) in [6.45, 7) is 7.57. The molecule has 3 aromatic rings. The minimum Gasteiger partial charge on any atom is -0.483 e.